The van der Waals surface area contributed by atoms with Crippen LogP contribution in [0.3, 0.4) is 0 Å². The van der Waals surface area contributed by atoms with E-state index >= 15 is 0 Å². The zero-order valence-corrected chi connectivity index (χ0v) is 25.4. The van der Waals surface area contributed by atoms with E-state index in [1.165, 1.54) is 28.5 Å². The van der Waals surface area contributed by atoms with Gasteiger partial charge in [-0.3, -0.25) is 4.18 Å². The van der Waals surface area contributed by atoms with Crippen molar-refractivity contribution in [3.8, 4) is 0 Å². The largest absolute Gasteiger partial charge is 0.296 e. The molecule has 1 aromatic heterocycles. The lowest BCUT2D eigenvalue weighted by atomic mass is 10.1. The first-order chi connectivity index (χ1) is 18.7. The molecule has 0 saturated heterocycles. The fourth-order valence-corrected chi connectivity index (χ4v) is 6.80. The molecule has 0 spiro atoms. The zero-order valence-electron chi connectivity index (χ0n) is 23.0. The van der Waals surface area contributed by atoms with Crippen LogP contribution in [0.1, 0.15) is 43.0 Å². The van der Waals surface area contributed by atoms with Gasteiger partial charge in [-0.25, -0.2) is 16.6 Å². The molecule has 0 amide bonds. The van der Waals surface area contributed by atoms with Crippen molar-refractivity contribution in [1.82, 2.24) is 3.97 Å². The van der Waals surface area contributed by atoms with Gasteiger partial charge in [-0.05, 0) is 76.9 Å². The standard InChI is InChI=1S/C29H32N2O6S3/c1-21-9-13-25(14-10-21)39(33,34)31-20-24(17-18-37-40(35,36)26-15-11-22(2)12-16-26)28-23(7-6-8-27(28)31)19-30-38(32)29(3,4)5/h6-16,19-20H,17-18H2,1-5H3/b30-19+/t38-/m1/s1. The average Bonchev–Trinajstić information content (AvgIpc) is 3.27. The minimum atomic E-state index is -4.01. The SMILES string of the molecule is Cc1ccc(S(=O)(=O)OCCc2cn(S(=O)(=O)c3ccc(C)cc3)c3cccc(/C=N/[S@](=O)C(C)(C)C)c23)cc1. The van der Waals surface area contributed by atoms with Crippen molar-refractivity contribution in [2.75, 3.05) is 6.61 Å². The molecule has 0 aliphatic rings. The zero-order chi connectivity index (χ0) is 29.3. The molecule has 1 heterocycles. The number of nitrogens with zero attached hydrogens (tertiary/aromatic N) is 2. The molecule has 1 atom stereocenters. The van der Waals surface area contributed by atoms with Gasteiger partial charge in [-0.2, -0.15) is 12.8 Å². The first kappa shape index (κ1) is 29.9. The van der Waals surface area contributed by atoms with Gasteiger partial charge in [-0.15, -0.1) is 0 Å². The molecule has 0 N–H and O–H groups in total. The Labute approximate surface area is 238 Å². The van der Waals surface area contributed by atoms with Crippen LogP contribution in [0.4, 0.5) is 0 Å². The Morgan fingerprint density at radius 3 is 2.02 bits per heavy atom. The van der Waals surface area contributed by atoms with Crippen LogP contribution in [0.15, 0.2) is 87.1 Å². The van der Waals surface area contributed by atoms with Crippen molar-refractivity contribution in [3.05, 3.63) is 95.2 Å². The van der Waals surface area contributed by atoms with E-state index in [1.54, 1.807) is 54.6 Å². The Hall–Kier alpha value is -3.12. The minimum absolute atomic E-state index is 0.0416. The molecule has 4 rings (SSSR count). The molecular weight excluding hydrogens is 569 g/mol. The first-order valence-corrected chi connectivity index (χ1v) is 16.5. The van der Waals surface area contributed by atoms with Gasteiger partial charge in [0, 0.05) is 23.4 Å². The van der Waals surface area contributed by atoms with Crippen molar-refractivity contribution in [2.45, 2.75) is 55.6 Å². The van der Waals surface area contributed by atoms with E-state index in [9.17, 15) is 21.0 Å². The molecule has 40 heavy (non-hydrogen) atoms. The lowest BCUT2D eigenvalue weighted by Crippen LogP contribution is -2.19. The lowest BCUT2D eigenvalue weighted by Gasteiger charge is -2.13. The molecule has 11 heteroatoms. The third-order valence-corrected chi connectivity index (χ3v) is 10.6. The highest BCUT2D eigenvalue weighted by Crippen LogP contribution is 2.29. The number of aryl methyl sites for hydroxylation is 2. The second-order valence-corrected chi connectivity index (χ2v) is 15.8. The Morgan fingerprint density at radius 1 is 0.875 bits per heavy atom. The average molecular weight is 601 g/mol. The molecule has 0 unspecified atom stereocenters. The van der Waals surface area contributed by atoms with Crippen molar-refractivity contribution in [1.29, 1.82) is 0 Å². The fraction of sp³-hybridized carbons (Fsp3) is 0.276. The topological polar surface area (TPSA) is 112 Å². The number of hydrogen-bond acceptors (Lipinski definition) is 6. The number of aromatic nitrogens is 1. The Balaban J connectivity index is 1.77. The van der Waals surface area contributed by atoms with Gasteiger partial charge >= 0.3 is 0 Å². The molecule has 0 fully saturated rings. The predicted octanol–water partition coefficient (Wildman–Crippen LogP) is 5.32. The van der Waals surface area contributed by atoms with Gasteiger partial charge < -0.3 is 0 Å². The van der Waals surface area contributed by atoms with Gasteiger partial charge in [0.2, 0.25) is 0 Å². The van der Waals surface area contributed by atoms with E-state index in [1.807, 2.05) is 34.6 Å². The normalized spacial score (nSPS) is 13.7. The molecule has 212 valence electrons. The molecule has 0 radical (unpaired) electrons. The van der Waals surface area contributed by atoms with E-state index in [4.69, 9.17) is 4.18 Å². The van der Waals surface area contributed by atoms with Crippen LogP contribution < -0.4 is 0 Å². The summed E-state index contributed by atoms with van der Waals surface area (Å²) >= 11 is 0. The van der Waals surface area contributed by atoms with Gasteiger partial charge in [0.05, 0.1) is 26.7 Å². The number of rotatable bonds is 9. The maximum Gasteiger partial charge on any atom is 0.296 e. The molecule has 0 aliphatic carbocycles. The summed E-state index contributed by atoms with van der Waals surface area (Å²) in [6.45, 7) is 8.95. The number of fused-ring (bicyclic) bond motifs is 1. The van der Waals surface area contributed by atoms with Crippen molar-refractivity contribution in [2.24, 2.45) is 4.40 Å². The van der Waals surface area contributed by atoms with Crippen molar-refractivity contribution >= 4 is 48.2 Å². The van der Waals surface area contributed by atoms with Gasteiger partial charge in [0.15, 0.2) is 0 Å². The van der Waals surface area contributed by atoms with Crippen LogP contribution in [0, 0.1) is 13.8 Å². The summed E-state index contributed by atoms with van der Waals surface area (Å²) in [5.74, 6) is 0. The summed E-state index contributed by atoms with van der Waals surface area (Å²) in [5, 5.41) is 0.559. The molecule has 0 aliphatic heterocycles. The van der Waals surface area contributed by atoms with Crippen LogP contribution in [0.2, 0.25) is 0 Å². The molecular formula is C29H32N2O6S3. The molecule has 0 saturated carbocycles. The third kappa shape index (κ3) is 6.43. The summed E-state index contributed by atoms with van der Waals surface area (Å²) < 4.78 is 75.6. The van der Waals surface area contributed by atoms with Crippen molar-refractivity contribution in [3.63, 3.8) is 0 Å². The van der Waals surface area contributed by atoms with E-state index in [0.717, 1.165) is 11.1 Å². The summed E-state index contributed by atoms with van der Waals surface area (Å²) in [4.78, 5) is 0.160. The highest BCUT2D eigenvalue weighted by Gasteiger charge is 2.24. The number of benzene rings is 3. The summed E-state index contributed by atoms with van der Waals surface area (Å²) in [6.07, 6.45) is 3.06. The fourth-order valence-electron chi connectivity index (χ4n) is 3.98. The summed E-state index contributed by atoms with van der Waals surface area (Å²) in [6, 6.07) is 18.0. The molecule has 8 nitrogen and oxygen atoms in total. The summed E-state index contributed by atoms with van der Waals surface area (Å²) in [7, 11) is -9.52. The van der Waals surface area contributed by atoms with Crippen LogP contribution in [0.25, 0.3) is 10.9 Å². The van der Waals surface area contributed by atoms with Crippen LogP contribution in [0.5, 0.6) is 0 Å². The van der Waals surface area contributed by atoms with E-state index in [2.05, 4.69) is 4.40 Å². The minimum Gasteiger partial charge on any atom is -0.266 e. The maximum atomic E-state index is 13.7. The Kier molecular flexibility index (Phi) is 8.51. The van der Waals surface area contributed by atoms with E-state index in [0.29, 0.717) is 22.0 Å². The Morgan fingerprint density at radius 2 is 1.45 bits per heavy atom. The van der Waals surface area contributed by atoms with Crippen LogP contribution in [-0.4, -0.2) is 42.6 Å². The lowest BCUT2D eigenvalue weighted by molar-refractivity contribution is 0.322. The third-order valence-electron chi connectivity index (χ3n) is 6.22. The van der Waals surface area contributed by atoms with Gasteiger partial charge in [0.25, 0.3) is 20.1 Å². The quantitative estimate of drug-likeness (QED) is 0.190. The molecule has 4 aromatic rings. The maximum absolute atomic E-state index is 13.7. The summed E-state index contributed by atoms with van der Waals surface area (Å²) in [5.41, 5.74) is 3.35. The highest BCUT2D eigenvalue weighted by atomic mass is 32.2. The monoisotopic (exact) mass is 600 g/mol. The molecule has 0 bridgehead atoms. The number of hydrogen-bond donors (Lipinski definition) is 0. The van der Waals surface area contributed by atoms with Crippen LogP contribution >= 0.6 is 0 Å². The van der Waals surface area contributed by atoms with E-state index < -0.39 is 35.9 Å². The first-order valence-electron chi connectivity index (χ1n) is 12.6. The second kappa shape index (κ2) is 11.4. The predicted molar refractivity (Wildman–Crippen MR) is 159 cm³/mol. The van der Waals surface area contributed by atoms with Gasteiger partial charge in [-0.1, -0.05) is 47.5 Å². The van der Waals surface area contributed by atoms with E-state index in [-0.39, 0.29) is 22.8 Å². The van der Waals surface area contributed by atoms with Crippen LogP contribution in [-0.2, 0) is 41.7 Å². The smallest absolute Gasteiger partial charge is 0.266 e. The van der Waals surface area contributed by atoms with Crippen molar-refractivity contribution < 1.29 is 25.2 Å². The Bertz CT molecular complexity index is 1800. The van der Waals surface area contributed by atoms with Gasteiger partial charge in [0.1, 0.15) is 11.0 Å². The molecule has 3 aromatic carbocycles. The highest BCUT2D eigenvalue weighted by molar-refractivity contribution is 7.90. The second-order valence-electron chi connectivity index (χ2n) is 10.4.